The van der Waals surface area contributed by atoms with Crippen molar-refractivity contribution < 1.29 is 0 Å². The van der Waals surface area contributed by atoms with E-state index in [9.17, 15) is 0 Å². The van der Waals surface area contributed by atoms with Crippen LogP contribution >= 0.6 is 0 Å². The predicted molar refractivity (Wildman–Crippen MR) is 75.2 cm³/mol. The molecule has 0 aliphatic heterocycles. The highest BCUT2D eigenvalue weighted by molar-refractivity contribution is 4.84. The number of nitrogens with one attached hydrogen (secondary N) is 1. The van der Waals surface area contributed by atoms with E-state index in [1.807, 2.05) is 0 Å². The number of hydrogen-bond donors (Lipinski definition) is 1. The SMILES string of the molecule is CC1(C)CCCC(NCC2CCCCCC2)C1. The Hall–Kier alpha value is -0.0400. The van der Waals surface area contributed by atoms with Gasteiger partial charge < -0.3 is 5.32 Å². The molecule has 2 aliphatic rings. The molecule has 0 spiro atoms. The zero-order chi connectivity index (χ0) is 12.1. The average Bonchev–Trinajstić information content (AvgIpc) is 2.53. The monoisotopic (exact) mass is 237 g/mol. The highest BCUT2D eigenvalue weighted by Gasteiger charge is 2.27. The van der Waals surface area contributed by atoms with E-state index in [2.05, 4.69) is 19.2 Å². The van der Waals surface area contributed by atoms with Gasteiger partial charge in [-0.3, -0.25) is 0 Å². The van der Waals surface area contributed by atoms with Crippen LogP contribution in [0.3, 0.4) is 0 Å². The first-order valence-corrected chi connectivity index (χ1v) is 7.89. The molecule has 100 valence electrons. The summed E-state index contributed by atoms with van der Waals surface area (Å²) in [5, 5.41) is 3.87. The molecule has 2 aliphatic carbocycles. The fraction of sp³-hybridized carbons (Fsp3) is 1.00. The zero-order valence-corrected chi connectivity index (χ0v) is 11.9. The molecule has 0 bridgehead atoms. The lowest BCUT2D eigenvalue weighted by Crippen LogP contribution is -2.39. The Morgan fingerprint density at radius 2 is 1.65 bits per heavy atom. The molecule has 0 aromatic carbocycles. The van der Waals surface area contributed by atoms with Crippen molar-refractivity contribution in [3.05, 3.63) is 0 Å². The third-order valence-electron chi connectivity index (χ3n) is 4.88. The molecule has 17 heavy (non-hydrogen) atoms. The van der Waals surface area contributed by atoms with E-state index >= 15 is 0 Å². The minimum absolute atomic E-state index is 0.583. The summed E-state index contributed by atoms with van der Waals surface area (Å²) in [5.41, 5.74) is 0.583. The van der Waals surface area contributed by atoms with E-state index in [0.29, 0.717) is 5.41 Å². The van der Waals surface area contributed by atoms with Crippen LogP contribution in [0.25, 0.3) is 0 Å². The van der Waals surface area contributed by atoms with Crippen molar-refractivity contribution in [2.24, 2.45) is 11.3 Å². The van der Waals surface area contributed by atoms with Gasteiger partial charge in [0.1, 0.15) is 0 Å². The summed E-state index contributed by atoms with van der Waals surface area (Å²) in [6.45, 7) is 6.17. The molecule has 1 unspecified atom stereocenters. The summed E-state index contributed by atoms with van der Waals surface area (Å²) in [5.74, 6) is 0.975. The van der Waals surface area contributed by atoms with Crippen LogP contribution in [0.5, 0.6) is 0 Å². The van der Waals surface area contributed by atoms with Crippen LogP contribution in [0.4, 0.5) is 0 Å². The molecular formula is C16H31N. The van der Waals surface area contributed by atoms with Crippen molar-refractivity contribution in [3.63, 3.8) is 0 Å². The maximum atomic E-state index is 3.87. The molecule has 1 N–H and O–H groups in total. The van der Waals surface area contributed by atoms with Crippen molar-refractivity contribution in [1.29, 1.82) is 0 Å². The van der Waals surface area contributed by atoms with Crippen LogP contribution in [0, 0.1) is 11.3 Å². The first kappa shape index (κ1) is 13.4. The fourth-order valence-electron chi connectivity index (χ4n) is 3.77. The molecule has 2 fully saturated rings. The van der Waals surface area contributed by atoms with Crippen LogP contribution in [-0.2, 0) is 0 Å². The second kappa shape index (κ2) is 6.22. The van der Waals surface area contributed by atoms with Crippen molar-refractivity contribution in [3.8, 4) is 0 Å². The van der Waals surface area contributed by atoms with Gasteiger partial charge in [-0.2, -0.15) is 0 Å². The molecule has 0 aromatic heterocycles. The lowest BCUT2D eigenvalue weighted by Gasteiger charge is -2.36. The molecule has 0 radical (unpaired) electrons. The second-order valence-electron chi connectivity index (χ2n) is 7.22. The Balaban J connectivity index is 1.70. The third-order valence-corrected chi connectivity index (χ3v) is 4.88. The quantitative estimate of drug-likeness (QED) is 0.712. The lowest BCUT2D eigenvalue weighted by molar-refractivity contribution is 0.193. The average molecular weight is 237 g/mol. The van der Waals surface area contributed by atoms with Gasteiger partial charge in [0.2, 0.25) is 0 Å². The zero-order valence-electron chi connectivity index (χ0n) is 11.9. The van der Waals surface area contributed by atoms with E-state index < -0.39 is 0 Å². The molecule has 0 aromatic rings. The molecule has 0 saturated heterocycles. The second-order valence-corrected chi connectivity index (χ2v) is 7.22. The summed E-state index contributed by atoms with van der Waals surface area (Å²) in [7, 11) is 0. The molecule has 1 atom stereocenters. The van der Waals surface area contributed by atoms with E-state index in [4.69, 9.17) is 0 Å². The molecule has 0 amide bonds. The molecule has 1 nitrogen and oxygen atoms in total. The summed E-state index contributed by atoms with van der Waals surface area (Å²) in [6.07, 6.45) is 14.5. The third kappa shape index (κ3) is 4.62. The minimum atomic E-state index is 0.583. The highest BCUT2D eigenvalue weighted by atomic mass is 14.9. The summed E-state index contributed by atoms with van der Waals surface area (Å²) in [4.78, 5) is 0. The molecule has 0 heterocycles. The molecule has 2 rings (SSSR count). The summed E-state index contributed by atoms with van der Waals surface area (Å²) in [6, 6.07) is 0.807. The van der Waals surface area contributed by atoms with Gasteiger partial charge in [-0.1, -0.05) is 46.0 Å². The van der Waals surface area contributed by atoms with Crippen molar-refractivity contribution in [2.45, 2.75) is 84.1 Å². The Morgan fingerprint density at radius 1 is 0.941 bits per heavy atom. The van der Waals surface area contributed by atoms with Crippen LogP contribution < -0.4 is 5.32 Å². The van der Waals surface area contributed by atoms with Gasteiger partial charge in [-0.25, -0.2) is 0 Å². The van der Waals surface area contributed by atoms with Gasteiger partial charge in [-0.15, -0.1) is 0 Å². The van der Waals surface area contributed by atoms with Crippen molar-refractivity contribution in [1.82, 2.24) is 5.32 Å². The minimum Gasteiger partial charge on any atom is -0.314 e. The summed E-state index contributed by atoms with van der Waals surface area (Å²) >= 11 is 0. The molecule has 1 heteroatoms. The Bertz CT molecular complexity index is 214. The topological polar surface area (TPSA) is 12.0 Å². The molecular weight excluding hydrogens is 206 g/mol. The smallest absolute Gasteiger partial charge is 0.00722 e. The van der Waals surface area contributed by atoms with E-state index in [0.717, 1.165) is 12.0 Å². The summed E-state index contributed by atoms with van der Waals surface area (Å²) < 4.78 is 0. The largest absolute Gasteiger partial charge is 0.314 e. The van der Waals surface area contributed by atoms with Gasteiger partial charge in [0.25, 0.3) is 0 Å². The number of hydrogen-bond acceptors (Lipinski definition) is 1. The van der Waals surface area contributed by atoms with Gasteiger partial charge in [-0.05, 0) is 50.0 Å². The van der Waals surface area contributed by atoms with Crippen LogP contribution in [-0.4, -0.2) is 12.6 Å². The van der Waals surface area contributed by atoms with Crippen LogP contribution in [0.15, 0.2) is 0 Å². The maximum Gasteiger partial charge on any atom is 0.00722 e. The Kier molecular flexibility index (Phi) is 4.90. The predicted octanol–water partition coefficient (Wildman–Crippen LogP) is 4.52. The van der Waals surface area contributed by atoms with E-state index in [1.54, 1.807) is 0 Å². The van der Waals surface area contributed by atoms with Gasteiger partial charge >= 0.3 is 0 Å². The first-order valence-electron chi connectivity index (χ1n) is 7.89. The van der Waals surface area contributed by atoms with E-state index in [-0.39, 0.29) is 0 Å². The normalized spacial score (nSPS) is 31.1. The van der Waals surface area contributed by atoms with Crippen LogP contribution in [0.1, 0.15) is 78.1 Å². The van der Waals surface area contributed by atoms with Gasteiger partial charge in [0.05, 0.1) is 0 Å². The highest BCUT2D eigenvalue weighted by Crippen LogP contribution is 2.35. The maximum absolute atomic E-state index is 3.87. The van der Waals surface area contributed by atoms with Crippen molar-refractivity contribution in [2.75, 3.05) is 6.54 Å². The Morgan fingerprint density at radius 3 is 2.29 bits per heavy atom. The van der Waals surface area contributed by atoms with Gasteiger partial charge in [0.15, 0.2) is 0 Å². The standard InChI is InChI=1S/C16H31N/c1-16(2)11-7-10-15(12-16)17-13-14-8-5-3-4-6-9-14/h14-15,17H,3-13H2,1-2H3. The number of rotatable bonds is 3. The van der Waals surface area contributed by atoms with Crippen molar-refractivity contribution >= 4 is 0 Å². The van der Waals surface area contributed by atoms with Gasteiger partial charge in [0, 0.05) is 6.04 Å². The lowest BCUT2D eigenvalue weighted by atomic mass is 9.75. The first-order chi connectivity index (χ1) is 8.16. The fourth-order valence-corrected chi connectivity index (χ4v) is 3.77. The van der Waals surface area contributed by atoms with E-state index in [1.165, 1.54) is 70.8 Å². The molecule has 2 saturated carbocycles. The Labute approximate surface area is 108 Å². The van der Waals surface area contributed by atoms with Crippen LogP contribution in [0.2, 0.25) is 0 Å².